The second kappa shape index (κ2) is 15.1. The Morgan fingerprint density at radius 1 is 0.273 bits per heavy atom. The number of hydrogen-bond acceptors (Lipinski definition) is 4. The zero-order valence-electron chi connectivity index (χ0n) is 35.6. The van der Waals surface area contributed by atoms with E-state index in [1.165, 1.54) is 75.8 Å². The number of fused-ring (bicyclic) bond motifs is 2. The Hall–Kier alpha value is -9.04. The number of benzene rings is 11. The summed E-state index contributed by atoms with van der Waals surface area (Å²) < 4.78 is 0. The molecule has 0 saturated carbocycles. The summed E-state index contributed by atoms with van der Waals surface area (Å²) >= 11 is 0. The van der Waals surface area contributed by atoms with Crippen LogP contribution < -0.4 is 0 Å². The van der Waals surface area contributed by atoms with Crippen LogP contribution >= 0.6 is 0 Å². The highest BCUT2D eigenvalue weighted by molar-refractivity contribution is 6.37. The second-order valence-corrected chi connectivity index (χ2v) is 17.0. The summed E-state index contributed by atoms with van der Waals surface area (Å²) in [7, 11) is 0. The van der Waals surface area contributed by atoms with E-state index in [-0.39, 0.29) is 0 Å². The Balaban J connectivity index is 0.954. The summed E-state index contributed by atoms with van der Waals surface area (Å²) in [4.78, 5) is 15.2. The molecular weight excluding hydrogens is 801 g/mol. The van der Waals surface area contributed by atoms with Gasteiger partial charge in [-0.3, -0.25) is 0 Å². The van der Waals surface area contributed by atoms with Crippen LogP contribution in [0.25, 0.3) is 132 Å². The van der Waals surface area contributed by atoms with Crippen LogP contribution in [0.5, 0.6) is 0 Å². The van der Waals surface area contributed by atoms with Crippen LogP contribution in [-0.2, 0) is 0 Å². The summed E-state index contributed by atoms with van der Waals surface area (Å²) in [6.45, 7) is 0. The van der Waals surface area contributed by atoms with Crippen molar-refractivity contribution in [2.24, 2.45) is 0 Å². The molecule has 66 heavy (non-hydrogen) atoms. The van der Waals surface area contributed by atoms with Gasteiger partial charge in [0.15, 0.2) is 17.5 Å². The minimum Gasteiger partial charge on any atom is -0.208 e. The first kappa shape index (κ1) is 37.5. The van der Waals surface area contributed by atoms with Crippen LogP contribution in [0.4, 0.5) is 0 Å². The van der Waals surface area contributed by atoms with Crippen molar-refractivity contribution in [1.29, 1.82) is 5.26 Å². The molecule has 0 spiro atoms. The third-order valence-electron chi connectivity index (χ3n) is 13.3. The molecule has 0 aliphatic heterocycles. The van der Waals surface area contributed by atoms with Gasteiger partial charge in [0.05, 0.1) is 11.6 Å². The van der Waals surface area contributed by atoms with E-state index in [1.54, 1.807) is 0 Å². The molecule has 0 unspecified atom stereocenters. The number of aromatic nitrogens is 3. The van der Waals surface area contributed by atoms with E-state index < -0.39 is 0 Å². The van der Waals surface area contributed by atoms with Gasteiger partial charge >= 0.3 is 0 Å². The van der Waals surface area contributed by atoms with E-state index in [9.17, 15) is 5.26 Å². The molecule has 0 bridgehead atoms. The molecule has 13 rings (SSSR count). The third-order valence-corrected chi connectivity index (χ3v) is 13.3. The van der Waals surface area contributed by atoms with E-state index in [0.717, 1.165) is 38.9 Å². The number of hydrogen-bond donors (Lipinski definition) is 0. The van der Waals surface area contributed by atoms with E-state index in [2.05, 4.69) is 158 Å². The van der Waals surface area contributed by atoms with Gasteiger partial charge in [0.25, 0.3) is 0 Å². The highest BCUT2D eigenvalue weighted by atomic mass is 15.0. The maximum absolute atomic E-state index is 9.35. The zero-order valence-corrected chi connectivity index (χ0v) is 35.6. The van der Waals surface area contributed by atoms with Gasteiger partial charge in [-0.05, 0) is 128 Å². The normalized spacial score (nSPS) is 11.6. The van der Waals surface area contributed by atoms with Gasteiger partial charge in [-0.25, -0.2) is 15.0 Å². The van der Waals surface area contributed by atoms with Gasteiger partial charge in [0.1, 0.15) is 0 Å². The average molecular weight is 837 g/mol. The van der Waals surface area contributed by atoms with Crippen LogP contribution in [0.1, 0.15) is 5.56 Å². The van der Waals surface area contributed by atoms with Crippen molar-refractivity contribution >= 4 is 64.6 Å². The molecule has 4 heteroatoms. The molecule has 0 amide bonds. The minimum absolute atomic E-state index is 0.589. The Morgan fingerprint density at radius 3 is 1.32 bits per heavy atom. The number of rotatable bonds is 6. The Bertz CT molecular complexity index is 4090. The lowest BCUT2D eigenvalue weighted by Crippen LogP contribution is -2.00. The van der Waals surface area contributed by atoms with E-state index in [1.807, 2.05) is 66.7 Å². The van der Waals surface area contributed by atoms with Crippen LogP contribution in [0.15, 0.2) is 218 Å². The van der Waals surface area contributed by atoms with Crippen molar-refractivity contribution in [1.82, 2.24) is 15.0 Å². The molecule has 0 N–H and O–H groups in total. The van der Waals surface area contributed by atoms with E-state index in [4.69, 9.17) is 15.0 Å². The summed E-state index contributed by atoms with van der Waals surface area (Å²) in [6, 6.07) is 79.7. The first-order valence-electron chi connectivity index (χ1n) is 22.2. The third kappa shape index (κ3) is 6.10. The lowest BCUT2D eigenvalue weighted by Gasteiger charge is -2.18. The van der Waals surface area contributed by atoms with Gasteiger partial charge < -0.3 is 0 Å². The van der Waals surface area contributed by atoms with Crippen LogP contribution in [0, 0.1) is 11.3 Å². The van der Waals surface area contributed by atoms with Crippen molar-refractivity contribution in [2.45, 2.75) is 0 Å². The lowest BCUT2D eigenvalue weighted by molar-refractivity contribution is 1.07. The van der Waals surface area contributed by atoms with Gasteiger partial charge in [-0.2, -0.15) is 5.26 Å². The largest absolute Gasteiger partial charge is 0.208 e. The first-order valence-corrected chi connectivity index (χ1v) is 22.2. The van der Waals surface area contributed by atoms with Crippen LogP contribution in [0.2, 0.25) is 0 Å². The molecular formula is C62H36N4. The second-order valence-electron chi connectivity index (χ2n) is 17.0. The smallest absolute Gasteiger partial charge is 0.164 e. The fourth-order valence-electron chi connectivity index (χ4n) is 10.2. The fourth-order valence-corrected chi connectivity index (χ4v) is 10.2. The topological polar surface area (TPSA) is 62.5 Å². The van der Waals surface area contributed by atoms with E-state index >= 15 is 0 Å². The van der Waals surface area contributed by atoms with Gasteiger partial charge in [-0.1, -0.05) is 188 Å². The quantitative estimate of drug-likeness (QED) is 0.157. The van der Waals surface area contributed by atoms with Gasteiger partial charge in [0, 0.05) is 16.7 Å². The van der Waals surface area contributed by atoms with E-state index in [0.29, 0.717) is 23.0 Å². The molecule has 0 atom stereocenters. The maximum atomic E-state index is 9.35. The predicted molar refractivity (Wildman–Crippen MR) is 273 cm³/mol. The molecule has 0 aliphatic rings. The molecule has 1 heterocycles. The zero-order chi connectivity index (χ0) is 43.7. The SMILES string of the molecule is N#Cc1ccc(-c2cccc(-c3nc(-c4ccccc4)nc(-c4ccc(-c5ccccc5-c5cc6ccc7cccc8c9cccc%10ccc%11cccc(c(c5)c6c78)c%11c%109)cc4)n3)c2)cc1. The monoisotopic (exact) mass is 836 g/mol. The van der Waals surface area contributed by atoms with Gasteiger partial charge in [0.2, 0.25) is 0 Å². The molecule has 12 aromatic carbocycles. The maximum Gasteiger partial charge on any atom is 0.164 e. The van der Waals surface area contributed by atoms with Crippen molar-refractivity contribution < 1.29 is 0 Å². The predicted octanol–water partition coefficient (Wildman–Crippen LogP) is 16.1. The molecule has 0 fully saturated rings. The molecule has 1 aromatic heterocycles. The Labute approximate surface area is 380 Å². The molecule has 13 aromatic rings. The molecule has 4 nitrogen and oxygen atoms in total. The summed E-state index contributed by atoms with van der Waals surface area (Å²) in [5, 5.41) is 24.6. The molecule has 0 saturated heterocycles. The summed E-state index contributed by atoms with van der Waals surface area (Å²) in [5.41, 5.74) is 9.94. The van der Waals surface area contributed by atoms with Crippen molar-refractivity contribution in [2.75, 3.05) is 0 Å². The number of nitrogens with zero attached hydrogens (tertiary/aromatic N) is 4. The summed E-state index contributed by atoms with van der Waals surface area (Å²) in [6.07, 6.45) is 0. The van der Waals surface area contributed by atoms with Gasteiger partial charge in [-0.15, -0.1) is 0 Å². The van der Waals surface area contributed by atoms with Crippen LogP contribution in [0.3, 0.4) is 0 Å². The molecule has 304 valence electrons. The first-order chi connectivity index (χ1) is 32.6. The molecule has 0 radical (unpaired) electrons. The molecule has 0 aliphatic carbocycles. The van der Waals surface area contributed by atoms with Crippen molar-refractivity contribution in [3.05, 3.63) is 224 Å². The summed E-state index contributed by atoms with van der Waals surface area (Å²) in [5.74, 6) is 1.79. The van der Waals surface area contributed by atoms with Crippen molar-refractivity contribution in [3.63, 3.8) is 0 Å². The highest BCUT2D eigenvalue weighted by Crippen LogP contribution is 2.45. The Morgan fingerprint density at radius 2 is 0.712 bits per heavy atom. The minimum atomic E-state index is 0.589. The number of nitriles is 1. The standard InChI is InChI=1S/C62H36N4/c63-37-38-22-24-39(25-23-38)46-15-6-16-48(34-46)62-65-60(44-10-2-1-3-11-44)64-61(66-62)45-31-26-40(27-32-45)50-17-4-5-18-51(50)49-35-47-33-30-43-13-8-20-53-52-19-7-12-41-28-29-42-14-9-21-54(58(42)56(41)52)55(36-49)59(47)57(43)53/h1-36H. The highest BCUT2D eigenvalue weighted by Gasteiger charge is 2.19. The van der Waals surface area contributed by atoms with Crippen LogP contribution in [-0.4, -0.2) is 15.0 Å². The lowest BCUT2D eigenvalue weighted by atomic mass is 9.85. The fraction of sp³-hybridized carbons (Fsp3) is 0. The van der Waals surface area contributed by atoms with Crippen molar-refractivity contribution in [3.8, 4) is 73.6 Å². The Kier molecular flexibility index (Phi) is 8.56. The average Bonchev–Trinajstić information content (AvgIpc) is 3.39.